The van der Waals surface area contributed by atoms with Gasteiger partial charge in [0.2, 0.25) is 0 Å². The number of rotatable bonds is 1. The molecule has 0 N–H and O–H groups in total. The molecule has 1 heteroatoms. The summed E-state index contributed by atoms with van der Waals surface area (Å²) in [6, 6.07) is 11.0. The van der Waals surface area contributed by atoms with E-state index in [4.69, 9.17) is 0 Å². The van der Waals surface area contributed by atoms with Crippen LogP contribution in [0.1, 0.15) is 50.5 Å². The van der Waals surface area contributed by atoms with Crippen LogP contribution < -0.4 is 18.9 Å². The van der Waals surface area contributed by atoms with E-state index >= 15 is 0 Å². The second kappa shape index (κ2) is 9.07. The molecule has 0 spiro atoms. The first-order valence-corrected chi connectivity index (χ1v) is 5.72. The van der Waals surface area contributed by atoms with Gasteiger partial charge >= 0.3 is 18.9 Å². The van der Waals surface area contributed by atoms with Crippen LogP contribution in [0.3, 0.4) is 0 Å². The number of hydrogen-bond donors (Lipinski definition) is 0. The Hall–Kier alpha value is -0.183. The minimum absolute atomic E-state index is 0. The van der Waals surface area contributed by atoms with Crippen LogP contribution in [-0.2, 0) is 0 Å². The van der Waals surface area contributed by atoms with E-state index in [1.807, 2.05) is 0 Å². The van der Waals surface area contributed by atoms with Gasteiger partial charge < -0.3 is 6.92 Å². The van der Waals surface area contributed by atoms with E-state index in [2.05, 4.69) is 37.3 Å². The number of benzene rings is 1. The van der Waals surface area contributed by atoms with Gasteiger partial charge in [-0.2, -0.15) is 6.92 Å². The summed E-state index contributed by atoms with van der Waals surface area (Å²) in [5, 5.41) is 0. The summed E-state index contributed by atoms with van der Waals surface area (Å²) in [4.78, 5) is 0. The Morgan fingerprint density at radius 2 is 1.47 bits per heavy atom. The van der Waals surface area contributed by atoms with Crippen molar-refractivity contribution >= 4 is 0 Å². The largest absolute Gasteiger partial charge is 1.00 e. The first-order valence-electron chi connectivity index (χ1n) is 5.72. The molecule has 0 unspecified atom stereocenters. The van der Waals surface area contributed by atoms with Gasteiger partial charge in [0, 0.05) is 0 Å². The van der Waals surface area contributed by atoms with Crippen LogP contribution in [-0.4, -0.2) is 0 Å². The van der Waals surface area contributed by atoms with Gasteiger partial charge in [-0.25, -0.2) is 0 Å². The van der Waals surface area contributed by atoms with Crippen molar-refractivity contribution in [2.45, 2.75) is 44.9 Å². The zero-order chi connectivity index (χ0) is 10.2. The van der Waals surface area contributed by atoms with E-state index in [0.717, 1.165) is 5.92 Å². The summed E-state index contributed by atoms with van der Waals surface area (Å²) in [5.74, 6) is 0.861. The molecule has 0 bridgehead atoms. The van der Waals surface area contributed by atoms with Crippen LogP contribution in [0.4, 0.5) is 0 Å². The minimum Gasteiger partial charge on any atom is -0.346 e. The molecule has 1 aromatic carbocycles. The molecule has 78 valence electrons. The Morgan fingerprint density at radius 3 is 2.00 bits per heavy atom. The molecule has 1 aliphatic carbocycles. The summed E-state index contributed by atoms with van der Waals surface area (Å²) in [5.41, 5.74) is 1.55. The third-order valence-corrected chi connectivity index (χ3v) is 2.88. The molecule has 0 aromatic heterocycles. The first kappa shape index (κ1) is 14.8. The van der Waals surface area contributed by atoms with Crippen molar-refractivity contribution in [1.82, 2.24) is 0 Å². The molecule has 1 fully saturated rings. The predicted molar refractivity (Wildman–Crippen MR) is 63.3 cm³/mol. The topological polar surface area (TPSA) is 0 Å². The van der Waals surface area contributed by atoms with Crippen molar-refractivity contribution in [1.29, 1.82) is 0 Å². The van der Waals surface area contributed by atoms with E-state index in [-0.39, 0.29) is 18.9 Å². The Balaban J connectivity index is 0.000000617. The van der Waals surface area contributed by atoms with Gasteiger partial charge in [-0.3, -0.25) is 0 Å². The molecule has 0 nitrogen and oxygen atoms in total. The summed E-state index contributed by atoms with van der Waals surface area (Å²) < 4.78 is 0. The molecule has 15 heavy (non-hydrogen) atoms. The zero-order valence-corrected chi connectivity index (χ0v) is 10.2. The van der Waals surface area contributed by atoms with E-state index in [9.17, 15) is 0 Å². The zero-order valence-electron chi connectivity index (χ0n) is 10.2. The molecule has 1 aliphatic rings. The van der Waals surface area contributed by atoms with Gasteiger partial charge in [-0.15, -0.1) is 0 Å². The fourth-order valence-corrected chi connectivity index (χ4v) is 2.16. The van der Waals surface area contributed by atoms with Crippen molar-refractivity contribution in [3.8, 4) is 0 Å². The van der Waals surface area contributed by atoms with Crippen molar-refractivity contribution in [2.75, 3.05) is 0 Å². The molecular formula is C14H21Li. The van der Waals surface area contributed by atoms with Gasteiger partial charge in [0.05, 0.1) is 0 Å². The fourth-order valence-electron chi connectivity index (χ4n) is 2.16. The maximum atomic E-state index is 3.25. The van der Waals surface area contributed by atoms with Crippen molar-refractivity contribution < 1.29 is 18.9 Å². The Kier molecular flexibility index (Phi) is 8.96. The maximum absolute atomic E-state index is 3.25. The molecular weight excluding hydrogens is 175 g/mol. The van der Waals surface area contributed by atoms with E-state index in [1.54, 1.807) is 12.5 Å². The fraction of sp³-hybridized carbons (Fsp3) is 0.500. The molecule has 2 rings (SSSR count). The normalized spacial score (nSPS) is 15.9. The summed E-state index contributed by atoms with van der Waals surface area (Å²) in [6.45, 7) is 5.00. The van der Waals surface area contributed by atoms with Gasteiger partial charge in [0.1, 0.15) is 0 Å². The van der Waals surface area contributed by atoms with Crippen LogP contribution in [0.2, 0.25) is 0 Å². The third-order valence-electron chi connectivity index (χ3n) is 2.88. The van der Waals surface area contributed by atoms with Gasteiger partial charge in [-0.05, 0) is 24.3 Å². The van der Waals surface area contributed by atoms with E-state index < -0.39 is 0 Å². The van der Waals surface area contributed by atoms with Crippen molar-refractivity contribution in [3.05, 3.63) is 42.8 Å². The van der Waals surface area contributed by atoms with Gasteiger partial charge in [-0.1, -0.05) is 49.6 Å². The standard InChI is InChI=1S/C12H16.C2H5.Li/c1-3-7-11(8-4-1)12-9-5-2-6-10-12;1-2;/h1,3-4,7-8,12H,2,5-6,9-10H2;1H2,2H3;/q;-1;+1. The molecule has 1 saturated carbocycles. The van der Waals surface area contributed by atoms with Crippen LogP contribution >= 0.6 is 0 Å². The molecule has 0 heterocycles. The summed E-state index contributed by atoms with van der Waals surface area (Å²) in [6.07, 6.45) is 7.12. The summed E-state index contributed by atoms with van der Waals surface area (Å²) >= 11 is 0. The maximum Gasteiger partial charge on any atom is 1.00 e. The quantitative estimate of drug-likeness (QED) is 0.472. The average Bonchev–Trinajstić information content (AvgIpc) is 2.34. The molecule has 0 atom stereocenters. The van der Waals surface area contributed by atoms with Crippen molar-refractivity contribution in [3.63, 3.8) is 0 Å². The SMILES string of the molecule is [CH2-]C.[Li+].c1ccc(C2CCCCC2)cc1. The molecule has 1 aromatic rings. The van der Waals surface area contributed by atoms with Crippen LogP contribution in [0, 0.1) is 6.92 Å². The third kappa shape index (κ3) is 4.91. The summed E-state index contributed by atoms with van der Waals surface area (Å²) in [7, 11) is 0. The van der Waals surface area contributed by atoms with Crippen LogP contribution in [0.25, 0.3) is 0 Å². The van der Waals surface area contributed by atoms with E-state index in [1.165, 1.54) is 32.1 Å². The van der Waals surface area contributed by atoms with Crippen LogP contribution in [0.5, 0.6) is 0 Å². The Labute approximate surface area is 107 Å². The first-order chi connectivity index (χ1) is 6.97. The monoisotopic (exact) mass is 196 g/mol. The van der Waals surface area contributed by atoms with Crippen LogP contribution in [0.15, 0.2) is 30.3 Å². The molecule has 0 saturated heterocycles. The van der Waals surface area contributed by atoms with E-state index in [0.29, 0.717) is 0 Å². The van der Waals surface area contributed by atoms with Gasteiger partial charge in [0.25, 0.3) is 0 Å². The number of hydrogen-bond acceptors (Lipinski definition) is 0. The second-order valence-corrected chi connectivity index (χ2v) is 3.75. The van der Waals surface area contributed by atoms with Crippen molar-refractivity contribution in [2.24, 2.45) is 0 Å². The second-order valence-electron chi connectivity index (χ2n) is 3.75. The molecule has 0 aliphatic heterocycles. The predicted octanol–water partition coefficient (Wildman–Crippen LogP) is 1.58. The molecule has 0 radical (unpaired) electrons. The minimum atomic E-state index is 0. The average molecular weight is 196 g/mol. The van der Waals surface area contributed by atoms with Gasteiger partial charge in [0.15, 0.2) is 0 Å². The smallest absolute Gasteiger partial charge is 0.346 e. The molecule has 0 amide bonds. The Morgan fingerprint density at radius 1 is 0.933 bits per heavy atom. The Bertz CT molecular complexity index is 224.